The molecule has 0 aromatic heterocycles. The summed E-state index contributed by atoms with van der Waals surface area (Å²) in [5, 5.41) is 6.38. The van der Waals surface area contributed by atoms with E-state index in [0.29, 0.717) is 16.3 Å². The summed E-state index contributed by atoms with van der Waals surface area (Å²) in [4.78, 5) is 0.0756. The summed E-state index contributed by atoms with van der Waals surface area (Å²) in [7, 11) is -3.73. The first-order chi connectivity index (χ1) is 7.38. The van der Waals surface area contributed by atoms with Crippen molar-refractivity contribution in [3.05, 3.63) is 41.7 Å². The molecular weight excluding hydrogens is 229 g/mol. The Morgan fingerprint density at radius 3 is 2.44 bits per heavy atom. The highest BCUT2D eigenvalue weighted by Crippen LogP contribution is 2.23. The van der Waals surface area contributed by atoms with Crippen molar-refractivity contribution in [1.82, 2.24) is 0 Å². The third kappa shape index (κ3) is 1.91. The largest absolute Gasteiger partial charge is 0.238 e. The van der Waals surface area contributed by atoms with Crippen molar-refractivity contribution in [2.75, 3.05) is 0 Å². The molecule has 0 spiro atoms. The summed E-state index contributed by atoms with van der Waals surface area (Å²) in [5.41, 5.74) is 0.514. The second-order valence-corrected chi connectivity index (χ2v) is 5.18. The van der Waals surface area contributed by atoms with Crippen LogP contribution < -0.4 is 5.14 Å². The van der Waals surface area contributed by atoms with Crippen molar-refractivity contribution >= 4 is 20.8 Å². The van der Waals surface area contributed by atoms with E-state index < -0.39 is 10.0 Å². The van der Waals surface area contributed by atoms with Crippen LogP contribution in [0, 0.1) is 12.7 Å². The average molecular weight is 239 g/mol. The zero-order chi connectivity index (χ0) is 11.9. The summed E-state index contributed by atoms with van der Waals surface area (Å²) >= 11 is 0. The highest BCUT2D eigenvalue weighted by molar-refractivity contribution is 7.89. The fraction of sp³-hybridized carbons (Fsp3) is 0.0909. The Morgan fingerprint density at radius 1 is 1.12 bits per heavy atom. The van der Waals surface area contributed by atoms with Crippen molar-refractivity contribution in [3.63, 3.8) is 0 Å². The molecule has 0 saturated carbocycles. The molecule has 0 aliphatic heterocycles. The monoisotopic (exact) mass is 239 g/mol. The van der Waals surface area contributed by atoms with Gasteiger partial charge in [0.15, 0.2) is 0 Å². The minimum atomic E-state index is -3.73. The lowest BCUT2D eigenvalue weighted by atomic mass is 10.1. The predicted molar refractivity (Wildman–Crippen MR) is 60.0 cm³/mol. The van der Waals surface area contributed by atoms with Gasteiger partial charge in [0, 0.05) is 0 Å². The molecule has 0 aliphatic carbocycles. The maximum atomic E-state index is 13.0. The van der Waals surface area contributed by atoms with Crippen LogP contribution >= 0.6 is 0 Å². The van der Waals surface area contributed by atoms with Crippen LogP contribution in [0.15, 0.2) is 35.2 Å². The smallest absolute Gasteiger partial charge is 0.225 e. The Balaban J connectivity index is 2.83. The van der Waals surface area contributed by atoms with Gasteiger partial charge in [-0.15, -0.1) is 0 Å². The van der Waals surface area contributed by atoms with Gasteiger partial charge in [-0.25, -0.2) is 17.9 Å². The Kier molecular flexibility index (Phi) is 2.44. The van der Waals surface area contributed by atoms with E-state index in [1.807, 2.05) is 0 Å². The van der Waals surface area contributed by atoms with Crippen molar-refractivity contribution in [2.24, 2.45) is 5.14 Å². The fourth-order valence-corrected chi connectivity index (χ4v) is 2.47. The van der Waals surface area contributed by atoms with E-state index in [1.54, 1.807) is 13.0 Å². The van der Waals surface area contributed by atoms with Crippen molar-refractivity contribution in [1.29, 1.82) is 0 Å². The van der Waals surface area contributed by atoms with Crippen molar-refractivity contribution in [2.45, 2.75) is 11.8 Å². The summed E-state index contributed by atoms with van der Waals surface area (Å²) in [5.74, 6) is -0.352. The van der Waals surface area contributed by atoms with Crippen LogP contribution in [0.4, 0.5) is 4.39 Å². The molecular formula is C11H10FNO2S. The molecule has 0 atom stereocenters. The number of nitrogens with two attached hydrogens (primary N) is 1. The van der Waals surface area contributed by atoms with Gasteiger partial charge in [0.25, 0.3) is 0 Å². The summed E-state index contributed by atoms with van der Waals surface area (Å²) < 4.78 is 35.5. The lowest BCUT2D eigenvalue weighted by molar-refractivity contribution is 0.597. The van der Waals surface area contributed by atoms with Gasteiger partial charge < -0.3 is 0 Å². The lowest BCUT2D eigenvalue weighted by Gasteiger charge is -2.06. The molecule has 2 rings (SSSR count). The summed E-state index contributed by atoms with van der Waals surface area (Å²) in [6.45, 7) is 1.63. The zero-order valence-corrected chi connectivity index (χ0v) is 9.38. The number of rotatable bonds is 1. The third-order valence-electron chi connectivity index (χ3n) is 2.40. The predicted octanol–water partition coefficient (Wildman–Crippen LogP) is 1.93. The highest BCUT2D eigenvalue weighted by Gasteiger charge is 2.12. The Morgan fingerprint density at radius 2 is 1.81 bits per heavy atom. The molecule has 0 fully saturated rings. The second kappa shape index (κ2) is 3.54. The first-order valence-corrected chi connectivity index (χ1v) is 6.15. The van der Waals surface area contributed by atoms with Crippen molar-refractivity contribution < 1.29 is 12.8 Å². The van der Waals surface area contributed by atoms with Crippen LogP contribution in [0.5, 0.6) is 0 Å². The molecule has 0 radical (unpaired) electrons. The Labute approximate surface area is 92.7 Å². The molecule has 16 heavy (non-hydrogen) atoms. The van der Waals surface area contributed by atoms with Gasteiger partial charge in [-0.3, -0.25) is 0 Å². The summed E-state index contributed by atoms with van der Waals surface area (Å²) in [6, 6.07) is 7.23. The summed E-state index contributed by atoms with van der Waals surface area (Å²) in [6.07, 6.45) is 0. The molecule has 0 saturated heterocycles. The SMILES string of the molecule is Cc1cc2cc(F)ccc2cc1S(N)(=O)=O. The first kappa shape index (κ1) is 11.0. The lowest BCUT2D eigenvalue weighted by Crippen LogP contribution is -2.13. The second-order valence-electron chi connectivity index (χ2n) is 3.65. The van der Waals surface area contributed by atoms with Gasteiger partial charge in [0.2, 0.25) is 10.0 Å². The number of halogens is 1. The molecule has 0 unspecified atom stereocenters. The topological polar surface area (TPSA) is 60.2 Å². The van der Waals surface area contributed by atoms with Crippen molar-refractivity contribution in [3.8, 4) is 0 Å². The molecule has 5 heteroatoms. The van der Waals surface area contributed by atoms with E-state index in [1.165, 1.54) is 24.3 Å². The quantitative estimate of drug-likeness (QED) is 0.826. The van der Waals surface area contributed by atoms with E-state index in [-0.39, 0.29) is 10.7 Å². The van der Waals surface area contributed by atoms with Crippen LogP contribution in [0.1, 0.15) is 5.56 Å². The normalized spacial score (nSPS) is 11.9. The Hall–Kier alpha value is -1.46. The van der Waals surface area contributed by atoms with Crippen LogP contribution in [0.25, 0.3) is 10.8 Å². The molecule has 0 amide bonds. The van der Waals surface area contributed by atoms with Gasteiger partial charge >= 0.3 is 0 Å². The van der Waals surface area contributed by atoms with Gasteiger partial charge in [-0.2, -0.15) is 0 Å². The van der Waals surface area contributed by atoms with E-state index in [9.17, 15) is 12.8 Å². The maximum Gasteiger partial charge on any atom is 0.238 e. The minimum Gasteiger partial charge on any atom is -0.225 e. The van der Waals surface area contributed by atoms with E-state index in [0.717, 1.165) is 0 Å². The maximum absolute atomic E-state index is 13.0. The number of fused-ring (bicyclic) bond motifs is 1. The van der Waals surface area contributed by atoms with E-state index in [4.69, 9.17) is 5.14 Å². The molecule has 0 aliphatic rings. The van der Waals surface area contributed by atoms with E-state index >= 15 is 0 Å². The number of aryl methyl sites for hydroxylation is 1. The molecule has 2 aromatic carbocycles. The number of hydrogen-bond acceptors (Lipinski definition) is 2. The molecule has 3 nitrogen and oxygen atoms in total. The van der Waals surface area contributed by atoms with Gasteiger partial charge in [0.05, 0.1) is 4.90 Å². The van der Waals surface area contributed by atoms with Gasteiger partial charge in [0.1, 0.15) is 5.82 Å². The van der Waals surface area contributed by atoms with Gasteiger partial charge in [-0.1, -0.05) is 6.07 Å². The molecule has 0 bridgehead atoms. The van der Waals surface area contributed by atoms with Crippen LogP contribution in [0.2, 0.25) is 0 Å². The number of hydrogen-bond donors (Lipinski definition) is 1. The van der Waals surface area contributed by atoms with Gasteiger partial charge in [-0.05, 0) is 47.5 Å². The number of sulfonamides is 1. The highest BCUT2D eigenvalue weighted by atomic mass is 32.2. The van der Waals surface area contributed by atoms with Crippen LogP contribution in [-0.4, -0.2) is 8.42 Å². The van der Waals surface area contributed by atoms with Crippen LogP contribution in [0.3, 0.4) is 0 Å². The third-order valence-corrected chi connectivity index (χ3v) is 3.46. The van der Waals surface area contributed by atoms with E-state index in [2.05, 4.69) is 0 Å². The Bertz CT molecular complexity index is 665. The molecule has 2 aromatic rings. The minimum absolute atomic E-state index is 0.0756. The first-order valence-electron chi connectivity index (χ1n) is 4.60. The van der Waals surface area contributed by atoms with Crippen LogP contribution in [-0.2, 0) is 10.0 Å². The standard InChI is InChI=1S/C11H10FNO2S/c1-7-4-9-5-10(12)3-2-8(9)6-11(7)16(13,14)15/h2-6H,1H3,(H2,13,14,15). The molecule has 2 N–H and O–H groups in total. The molecule has 0 heterocycles. The number of benzene rings is 2. The molecule has 84 valence electrons. The zero-order valence-electron chi connectivity index (χ0n) is 8.57. The average Bonchev–Trinajstić information content (AvgIpc) is 2.14. The fourth-order valence-electron chi connectivity index (χ4n) is 1.67. The number of primary sulfonamides is 1.